The molecule has 0 atom stereocenters. The maximum absolute atomic E-state index is 12.5. The van der Waals surface area contributed by atoms with E-state index < -0.39 is 5.91 Å². The van der Waals surface area contributed by atoms with Gasteiger partial charge in [0.25, 0.3) is 5.91 Å². The standard InChI is InChI=1S/C16H14ClN5O2/c1-10-15(16(24)19-14-8-18-6-5-11(14)9-23)21-22(20-10)13-4-2-3-12(17)7-13/h2-8,23H,9H2,1H3,(H,19,24). The summed E-state index contributed by atoms with van der Waals surface area (Å²) in [7, 11) is 0. The van der Waals surface area contributed by atoms with Crippen LogP contribution in [0.1, 0.15) is 21.7 Å². The van der Waals surface area contributed by atoms with Crippen LogP contribution >= 0.6 is 11.6 Å². The zero-order valence-electron chi connectivity index (χ0n) is 12.8. The van der Waals surface area contributed by atoms with Crippen LogP contribution in [0.15, 0.2) is 42.7 Å². The molecule has 1 aromatic carbocycles. The second kappa shape index (κ2) is 6.77. The number of nitrogens with zero attached hydrogens (tertiary/aromatic N) is 4. The Balaban J connectivity index is 1.88. The zero-order valence-corrected chi connectivity index (χ0v) is 13.5. The highest BCUT2D eigenvalue weighted by atomic mass is 35.5. The molecule has 3 aromatic rings. The average Bonchev–Trinajstić information content (AvgIpc) is 2.97. The van der Waals surface area contributed by atoms with Crippen LogP contribution in [0.4, 0.5) is 5.69 Å². The van der Waals surface area contributed by atoms with Gasteiger partial charge in [0.1, 0.15) is 0 Å². The molecule has 2 aromatic heterocycles. The van der Waals surface area contributed by atoms with Crippen LogP contribution in [0.2, 0.25) is 5.02 Å². The fraction of sp³-hybridized carbons (Fsp3) is 0.125. The lowest BCUT2D eigenvalue weighted by molar-refractivity contribution is 0.102. The first-order valence-electron chi connectivity index (χ1n) is 7.13. The molecule has 0 radical (unpaired) electrons. The molecule has 0 aliphatic carbocycles. The molecule has 0 spiro atoms. The van der Waals surface area contributed by atoms with Gasteiger partial charge < -0.3 is 10.4 Å². The Morgan fingerprint density at radius 3 is 2.92 bits per heavy atom. The fourth-order valence-corrected chi connectivity index (χ4v) is 2.34. The summed E-state index contributed by atoms with van der Waals surface area (Å²) in [5.74, 6) is -0.427. The molecule has 1 amide bonds. The SMILES string of the molecule is Cc1nn(-c2cccc(Cl)c2)nc1C(=O)Nc1cnccc1CO. The number of aromatic nitrogens is 4. The number of rotatable bonds is 4. The smallest absolute Gasteiger partial charge is 0.278 e. The number of pyridine rings is 1. The van der Waals surface area contributed by atoms with E-state index >= 15 is 0 Å². The number of benzene rings is 1. The van der Waals surface area contributed by atoms with Crippen LogP contribution in [0.3, 0.4) is 0 Å². The average molecular weight is 344 g/mol. The number of aliphatic hydroxyl groups is 1. The number of nitrogens with one attached hydrogen (secondary N) is 1. The van der Waals surface area contributed by atoms with E-state index in [9.17, 15) is 9.90 Å². The van der Waals surface area contributed by atoms with Gasteiger partial charge in [-0.15, -0.1) is 5.10 Å². The van der Waals surface area contributed by atoms with Crippen molar-refractivity contribution in [2.24, 2.45) is 0 Å². The molecule has 7 nitrogen and oxygen atoms in total. The summed E-state index contributed by atoms with van der Waals surface area (Å²) >= 11 is 5.97. The summed E-state index contributed by atoms with van der Waals surface area (Å²) in [6.45, 7) is 1.49. The van der Waals surface area contributed by atoms with E-state index in [0.29, 0.717) is 27.7 Å². The van der Waals surface area contributed by atoms with Gasteiger partial charge in [0.2, 0.25) is 0 Å². The minimum atomic E-state index is -0.427. The molecule has 2 heterocycles. The van der Waals surface area contributed by atoms with E-state index in [4.69, 9.17) is 11.6 Å². The van der Waals surface area contributed by atoms with Gasteiger partial charge in [-0.3, -0.25) is 9.78 Å². The number of amides is 1. The van der Waals surface area contributed by atoms with Crippen molar-refractivity contribution >= 4 is 23.2 Å². The minimum Gasteiger partial charge on any atom is -0.392 e. The van der Waals surface area contributed by atoms with Gasteiger partial charge in [0, 0.05) is 16.8 Å². The Morgan fingerprint density at radius 1 is 1.33 bits per heavy atom. The van der Waals surface area contributed by atoms with E-state index in [2.05, 4.69) is 20.5 Å². The molecule has 0 saturated carbocycles. The number of carbonyl (C=O) groups is 1. The summed E-state index contributed by atoms with van der Waals surface area (Å²) in [4.78, 5) is 17.7. The fourth-order valence-electron chi connectivity index (χ4n) is 2.16. The lowest BCUT2D eigenvalue weighted by Gasteiger charge is -2.07. The minimum absolute atomic E-state index is 0.183. The predicted molar refractivity (Wildman–Crippen MR) is 89.2 cm³/mol. The van der Waals surface area contributed by atoms with Gasteiger partial charge in [-0.2, -0.15) is 9.90 Å². The Hall–Kier alpha value is -2.77. The van der Waals surface area contributed by atoms with Gasteiger partial charge in [0.05, 0.1) is 29.9 Å². The highest BCUT2D eigenvalue weighted by Crippen LogP contribution is 2.17. The molecule has 24 heavy (non-hydrogen) atoms. The molecule has 2 N–H and O–H groups in total. The molecular weight excluding hydrogens is 330 g/mol. The Morgan fingerprint density at radius 2 is 2.17 bits per heavy atom. The van der Waals surface area contributed by atoms with Gasteiger partial charge in [0.15, 0.2) is 5.69 Å². The monoisotopic (exact) mass is 343 g/mol. The van der Waals surface area contributed by atoms with Crippen LogP contribution < -0.4 is 5.32 Å². The van der Waals surface area contributed by atoms with Crippen molar-refractivity contribution < 1.29 is 9.90 Å². The third-order valence-electron chi connectivity index (χ3n) is 3.37. The van der Waals surface area contributed by atoms with Crippen molar-refractivity contribution in [1.82, 2.24) is 20.0 Å². The lowest BCUT2D eigenvalue weighted by Crippen LogP contribution is -2.15. The second-order valence-corrected chi connectivity index (χ2v) is 5.48. The second-order valence-electron chi connectivity index (χ2n) is 5.05. The summed E-state index contributed by atoms with van der Waals surface area (Å²) in [5, 5.41) is 21.0. The van der Waals surface area contributed by atoms with Crippen LogP contribution in [0, 0.1) is 6.92 Å². The summed E-state index contributed by atoms with van der Waals surface area (Å²) in [6.07, 6.45) is 3.02. The van der Waals surface area contributed by atoms with Crippen LogP contribution in [-0.4, -0.2) is 31.0 Å². The molecule has 3 rings (SSSR count). The molecule has 0 aliphatic rings. The number of hydrogen-bond donors (Lipinski definition) is 2. The maximum Gasteiger partial charge on any atom is 0.278 e. The topological polar surface area (TPSA) is 92.9 Å². The summed E-state index contributed by atoms with van der Waals surface area (Å²) in [6, 6.07) is 8.64. The number of aryl methyl sites for hydroxylation is 1. The first-order chi connectivity index (χ1) is 11.6. The van der Waals surface area contributed by atoms with E-state index in [1.54, 1.807) is 43.5 Å². The van der Waals surface area contributed by atoms with E-state index in [-0.39, 0.29) is 12.3 Å². The Kier molecular flexibility index (Phi) is 4.54. The highest BCUT2D eigenvalue weighted by molar-refractivity contribution is 6.30. The normalized spacial score (nSPS) is 10.6. The van der Waals surface area contributed by atoms with Crippen LogP contribution in [0.5, 0.6) is 0 Å². The largest absolute Gasteiger partial charge is 0.392 e. The lowest BCUT2D eigenvalue weighted by atomic mass is 10.2. The summed E-state index contributed by atoms with van der Waals surface area (Å²) < 4.78 is 0. The third kappa shape index (κ3) is 3.27. The molecule has 0 bridgehead atoms. The highest BCUT2D eigenvalue weighted by Gasteiger charge is 2.17. The van der Waals surface area contributed by atoms with Crippen molar-refractivity contribution in [2.75, 3.05) is 5.32 Å². The number of anilines is 1. The first kappa shape index (κ1) is 16.1. The number of hydrogen-bond acceptors (Lipinski definition) is 5. The number of carbonyl (C=O) groups excluding carboxylic acids is 1. The third-order valence-corrected chi connectivity index (χ3v) is 3.60. The van der Waals surface area contributed by atoms with E-state index in [1.165, 1.54) is 11.0 Å². The molecule has 8 heteroatoms. The molecule has 122 valence electrons. The molecule has 0 unspecified atom stereocenters. The Labute approximate surface area is 142 Å². The van der Waals surface area contributed by atoms with E-state index in [1.807, 2.05) is 0 Å². The van der Waals surface area contributed by atoms with E-state index in [0.717, 1.165) is 0 Å². The quantitative estimate of drug-likeness (QED) is 0.758. The number of aliphatic hydroxyl groups excluding tert-OH is 1. The van der Waals surface area contributed by atoms with Gasteiger partial charge in [-0.25, -0.2) is 0 Å². The summed E-state index contributed by atoms with van der Waals surface area (Å²) in [5.41, 5.74) is 2.31. The van der Waals surface area contributed by atoms with Crippen LogP contribution in [-0.2, 0) is 6.61 Å². The van der Waals surface area contributed by atoms with Gasteiger partial charge in [-0.05, 0) is 31.2 Å². The van der Waals surface area contributed by atoms with Crippen molar-refractivity contribution in [3.63, 3.8) is 0 Å². The van der Waals surface area contributed by atoms with Crippen molar-refractivity contribution in [1.29, 1.82) is 0 Å². The van der Waals surface area contributed by atoms with Crippen LogP contribution in [0.25, 0.3) is 5.69 Å². The van der Waals surface area contributed by atoms with Crippen molar-refractivity contribution in [3.05, 3.63) is 64.7 Å². The Bertz CT molecular complexity index is 894. The molecule has 0 saturated heterocycles. The predicted octanol–water partition coefficient (Wildman–Crippen LogP) is 2.37. The molecule has 0 fully saturated rings. The van der Waals surface area contributed by atoms with Crippen molar-refractivity contribution in [3.8, 4) is 5.69 Å². The zero-order chi connectivity index (χ0) is 17.1. The number of halogens is 1. The van der Waals surface area contributed by atoms with Crippen molar-refractivity contribution in [2.45, 2.75) is 13.5 Å². The van der Waals surface area contributed by atoms with Gasteiger partial charge >= 0.3 is 0 Å². The molecule has 0 aliphatic heterocycles. The van der Waals surface area contributed by atoms with Gasteiger partial charge in [-0.1, -0.05) is 17.7 Å². The maximum atomic E-state index is 12.5. The molecular formula is C16H14ClN5O2. The first-order valence-corrected chi connectivity index (χ1v) is 7.51.